The lowest BCUT2D eigenvalue weighted by molar-refractivity contribution is 0.876. The lowest BCUT2D eigenvalue weighted by atomic mass is 10.2. The lowest BCUT2D eigenvalue weighted by Gasteiger charge is -2.14. The Labute approximate surface area is 105 Å². The van der Waals surface area contributed by atoms with E-state index in [1.807, 2.05) is 6.07 Å². The van der Waals surface area contributed by atoms with Crippen molar-refractivity contribution in [1.82, 2.24) is 0 Å². The molecule has 3 heteroatoms. The van der Waals surface area contributed by atoms with Gasteiger partial charge in [-0.3, -0.25) is 5.01 Å². The Hall–Kier alpha value is -1.23. The van der Waals surface area contributed by atoms with Crippen LogP contribution in [0.4, 0.5) is 5.69 Å². The fourth-order valence-electron chi connectivity index (χ4n) is 1.73. The minimum absolute atomic E-state index is 0.165. The molecule has 0 atom stereocenters. The molecular weight excluding hydrogens is 311 g/mol. The maximum absolute atomic E-state index is 4.64. The van der Waals surface area contributed by atoms with E-state index in [1.54, 1.807) is 0 Å². The molecule has 1 heterocycles. The minimum Gasteiger partial charge on any atom is -0.255 e. The number of hydrogen-bond donors (Lipinski definition) is 0. The Morgan fingerprint density at radius 3 is 2.56 bits per heavy atom. The van der Waals surface area contributed by atoms with Crippen molar-refractivity contribution in [2.24, 2.45) is 3.25 Å². The number of anilines is 1. The maximum Gasteiger partial charge on any atom is 0.0746 e. The fourth-order valence-corrected chi connectivity index (χ4v) is 3.68. The second-order valence-electron chi connectivity index (χ2n) is 3.65. The summed E-state index contributed by atoms with van der Waals surface area (Å²) in [6.07, 6.45) is 0. The van der Waals surface area contributed by atoms with Gasteiger partial charge in [-0.05, 0) is 17.7 Å². The summed E-state index contributed by atoms with van der Waals surface area (Å²) in [5.74, 6) is 0. The molecule has 16 heavy (non-hydrogen) atoms. The van der Waals surface area contributed by atoms with Gasteiger partial charge in [-0.25, -0.2) is 0 Å². The van der Waals surface area contributed by atoms with Gasteiger partial charge < -0.3 is 0 Å². The van der Waals surface area contributed by atoms with Crippen LogP contribution in [0, 0.1) is 3.57 Å². The van der Waals surface area contributed by atoms with Crippen LogP contribution in [0.5, 0.6) is 0 Å². The molecule has 0 fully saturated rings. The third-order valence-corrected chi connectivity index (χ3v) is 4.69. The van der Waals surface area contributed by atoms with E-state index in [9.17, 15) is 0 Å². The highest BCUT2D eigenvalue weighted by Gasteiger charge is 2.15. The Morgan fingerprint density at radius 2 is 1.69 bits per heavy atom. The van der Waals surface area contributed by atoms with Gasteiger partial charge in [0.1, 0.15) is 0 Å². The molecule has 1 aliphatic heterocycles. The minimum atomic E-state index is -0.165. The summed E-state index contributed by atoms with van der Waals surface area (Å²) in [4.78, 5) is 0. The zero-order valence-corrected chi connectivity index (χ0v) is 10.8. The van der Waals surface area contributed by atoms with Crippen molar-refractivity contribution in [3.05, 3.63) is 63.7 Å². The third kappa shape index (κ3) is 1.87. The van der Waals surface area contributed by atoms with Crippen molar-refractivity contribution in [3.8, 4) is 0 Å². The standard InChI is InChI=1S/C13H11IN2/c1-2-6-11(7-3-1)10-16-13-9-5-4-8-12(13)14-15-16/h1-9H,10H2. The van der Waals surface area contributed by atoms with Crippen LogP contribution in [0.15, 0.2) is 57.9 Å². The monoisotopic (exact) mass is 322 g/mol. The van der Waals surface area contributed by atoms with Gasteiger partial charge in [-0.15, -0.1) is 3.25 Å². The first kappa shape index (κ1) is 9.96. The topological polar surface area (TPSA) is 15.6 Å². The molecule has 0 radical (unpaired) electrons. The van der Waals surface area contributed by atoms with Crippen molar-refractivity contribution in [2.75, 3.05) is 5.01 Å². The molecule has 3 rings (SSSR count). The van der Waals surface area contributed by atoms with Gasteiger partial charge in [-0.2, -0.15) is 0 Å². The van der Waals surface area contributed by atoms with E-state index in [-0.39, 0.29) is 21.0 Å². The Kier molecular flexibility index (Phi) is 2.70. The first-order valence-electron chi connectivity index (χ1n) is 5.19. The lowest BCUT2D eigenvalue weighted by Crippen LogP contribution is -2.12. The Balaban J connectivity index is 1.87. The molecule has 80 valence electrons. The Bertz CT molecular complexity index is 522. The van der Waals surface area contributed by atoms with Crippen molar-refractivity contribution in [3.63, 3.8) is 0 Å². The molecule has 2 aromatic carbocycles. The SMILES string of the molecule is c1ccc(CN2N=Ic3ccccc32)cc1. The van der Waals surface area contributed by atoms with Gasteiger partial charge in [-0.1, -0.05) is 42.5 Å². The molecule has 0 aromatic heterocycles. The van der Waals surface area contributed by atoms with Gasteiger partial charge in [0, 0.05) is 0 Å². The molecule has 2 nitrogen and oxygen atoms in total. The molecule has 0 bridgehead atoms. The summed E-state index contributed by atoms with van der Waals surface area (Å²) in [5, 5.41) is 2.14. The van der Waals surface area contributed by atoms with Crippen LogP contribution in [0.3, 0.4) is 0 Å². The molecule has 0 unspecified atom stereocenters. The van der Waals surface area contributed by atoms with Crippen molar-refractivity contribution in [2.45, 2.75) is 6.54 Å². The van der Waals surface area contributed by atoms with Crippen molar-refractivity contribution < 1.29 is 0 Å². The average Bonchev–Trinajstić information content (AvgIpc) is 2.74. The quantitative estimate of drug-likeness (QED) is 0.765. The molecule has 0 N–H and O–H groups in total. The summed E-state index contributed by atoms with van der Waals surface area (Å²) < 4.78 is 6.07. The van der Waals surface area contributed by atoms with Gasteiger partial charge in [0.15, 0.2) is 0 Å². The molecule has 0 spiro atoms. The van der Waals surface area contributed by atoms with Gasteiger partial charge in [0.2, 0.25) is 0 Å². The van der Waals surface area contributed by atoms with Crippen LogP contribution >= 0.6 is 21.0 Å². The molecule has 0 saturated heterocycles. The largest absolute Gasteiger partial charge is 0.255 e. The molecule has 0 amide bonds. The molecule has 1 aliphatic rings. The van der Waals surface area contributed by atoms with E-state index < -0.39 is 0 Å². The van der Waals surface area contributed by atoms with E-state index in [2.05, 4.69) is 56.8 Å². The van der Waals surface area contributed by atoms with E-state index in [0.29, 0.717) is 0 Å². The first-order chi connectivity index (χ1) is 7.93. The van der Waals surface area contributed by atoms with Crippen molar-refractivity contribution >= 4 is 26.7 Å². The van der Waals surface area contributed by atoms with Gasteiger partial charge in [0.05, 0.1) is 36.8 Å². The number of rotatable bonds is 2. The molecule has 2 aromatic rings. The normalized spacial score (nSPS) is 13.4. The number of para-hydroxylation sites is 1. The van der Waals surface area contributed by atoms with E-state index in [1.165, 1.54) is 14.8 Å². The molecule has 0 aliphatic carbocycles. The average molecular weight is 322 g/mol. The highest BCUT2D eigenvalue weighted by molar-refractivity contribution is 14.2. The zero-order chi connectivity index (χ0) is 10.8. The molecule has 0 saturated carbocycles. The summed E-state index contributed by atoms with van der Waals surface area (Å²) >= 11 is -0.165. The second kappa shape index (κ2) is 4.33. The van der Waals surface area contributed by atoms with Crippen LogP contribution in [0.2, 0.25) is 0 Å². The maximum atomic E-state index is 4.64. The number of hydrogen-bond acceptors (Lipinski definition) is 2. The summed E-state index contributed by atoms with van der Waals surface area (Å²) in [7, 11) is 0. The first-order valence-corrected chi connectivity index (χ1v) is 7.23. The van der Waals surface area contributed by atoms with Crippen LogP contribution in [-0.2, 0) is 6.54 Å². The van der Waals surface area contributed by atoms with Crippen LogP contribution < -0.4 is 5.01 Å². The summed E-state index contributed by atoms with van der Waals surface area (Å²) in [5.41, 5.74) is 2.60. The van der Waals surface area contributed by atoms with Crippen LogP contribution in [0.1, 0.15) is 5.56 Å². The summed E-state index contributed by atoms with van der Waals surface area (Å²) in [6.45, 7) is 0.886. The van der Waals surface area contributed by atoms with Crippen molar-refractivity contribution in [1.29, 1.82) is 0 Å². The number of benzene rings is 2. The van der Waals surface area contributed by atoms with Gasteiger partial charge in [0.25, 0.3) is 0 Å². The van der Waals surface area contributed by atoms with E-state index in [0.717, 1.165) is 6.54 Å². The van der Waals surface area contributed by atoms with E-state index >= 15 is 0 Å². The third-order valence-electron chi connectivity index (χ3n) is 2.53. The predicted octanol–water partition coefficient (Wildman–Crippen LogP) is 3.95. The Morgan fingerprint density at radius 1 is 0.938 bits per heavy atom. The van der Waals surface area contributed by atoms with Crippen LogP contribution in [0.25, 0.3) is 0 Å². The molecular formula is C13H11IN2. The smallest absolute Gasteiger partial charge is 0.0746 e. The van der Waals surface area contributed by atoms with Crippen LogP contribution in [-0.4, -0.2) is 0 Å². The highest BCUT2D eigenvalue weighted by atomic mass is 127. The number of nitrogens with zero attached hydrogens (tertiary/aromatic N) is 2. The summed E-state index contributed by atoms with van der Waals surface area (Å²) in [6, 6.07) is 19.0. The highest BCUT2D eigenvalue weighted by Crippen LogP contribution is 2.35. The second-order valence-corrected chi connectivity index (χ2v) is 5.73. The van der Waals surface area contributed by atoms with E-state index in [4.69, 9.17) is 0 Å². The number of halogens is 1. The number of fused-ring (bicyclic) bond motifs is 1. The zero-order valence-electron chi connectivity index (χ0n) is 8.68. The predicted molar refractivity (Wildman–Crippen MR) is 74.2 cm³/mol. The van der Waals surface area contributed by atoms with Gasteiger partial charge >= 0.3 is 0 Å². The fraction of sp³-hybridized carbons (Fsp3) is 0.0769.